The summed E-state index contributed by atoms with van der Waals surface area (Å²) in [4.78, 5) is 23.3. The van der Waals surface area contributed by atoms with E-state index in [1.165, 1.54) is 30.6 Å². The molecule has 0 radical (unpaired) electrons. The van der Waals surface area contributed by atoms with Crippen molar-refractivity contribution in [3.63, 3.8) is 0 Å². The Kier molecular flexibility index (Phi) is 7.21. The van der Waals surface area contributed by atoms with E-state index in [0.717, 1.165) is 12.8 Å². The molecule has 0 N–H and O–H groups in total. The third-order valence-corrected chi connectivity index (χ3v) is 3.90. The number of carbonyl (C=O) groups is 2. The van der Waals surface area contributed by atoms with Gasteiger partial charge in [0.1, 0.15) is 5.78 Å². The lowest BCUT2D eigenvalue weighted by molar-refractivity contribution is -0.118. The van der Waals surface area contributed by atoms with E-state index in [4.69, 9.17) is 11.6 Å². The predicted octanol–water partition coefficient (Wildman–Crippen LogP) is 4.90. The topological polar surface area (TPSA) is 34.1 Å². The lowest BCUT2D eigenvalue weighted by atomic mass is 10.0. The molecule has 0 atom stereocenters. The van der Waals surface area contributed by atoms with Crippen molar-refractivity contribution in [2.24, 2.45) is 0 Å². The SMILES string of the molecule is CCCCCCCC(=O)CC(=O)c1csc(Cl)c1. The highest BCUT2D eigenvalue weighted by Crippen LogP contribution is 2.21. The number of carbonyl (C=O) groups excluding carboxylic acids is 2. The summed E-state index contributed by atoms with van der Waals surface area (Å²) in [6.45, 7) is 2.16. The summed E-state index contributed by atoms with van der Waals surface area (Å²) in [6, 6.07) is 1.63. The van der Waals surface area contributed by atoms with Crippen LogP contribution in [-0.4, -0.2) is 11.6 Å². The Morgan fingerprint density at radius 2 is 1.94 bits per heavy atom. The van der Waals surface area contributed by atoms with Crippen molar-refractivity contribution in [2.45, 2.75) is 51.9 Å². The van der Waals surface area contributed by atoms with Crippen molar-refractivity contribution >= 4 is 34.5 Å². The molecule has 0 bridgehead atoms. The molecule has 0 spiro atoms. The smallest absolute Gasteiger partial charge is 0.171 e. The molecule has 0 aliphatic heterocycles. The highest BCUT2D eigenvalue weighted by Gasteiger charge is 2.12. The fraction of sp³-hybridized carbons (Fsp3) is 0.571. The zero-order chi connectivity index (χ0) is 13.4. The van der Waals surface area contributed by atoms with Gasteiger partial charge in [-0.3, -0.25) is 9.59 Å². The van der Waals surface area contributed by atoms with Gasteiger partial charge in [-0.25, -0.2) is 0 Å². The first kappa shape index (κ1) is 15.4. The molecule has 18 heavy (non-hydrogen) atoms. The molecular formula is C14H19ClO2S. The van der Waals surface area contributed by atoms with Crippen LogP contribution >= 0.6 is 22.9 Å². The van der Waals surface area contributed by atoms with Gasteiger partial charge in [0.25, 0.3) is 0 Å². The Hall–Kier alpha value is -0.670. The van der Waals surface area contributed by atoms with Gasteiger partial charge in [-0.05, 0) is 12.5 Å². The first-order chi connectivity index (χ1) is 8.63. The van der Waals surface area contributed by atoms with Gasteiger partial charge in [0, 0.05) is 17.4 Å². The molecular weight excluding hydrogens is 268 g/mol. The average Bonchev–Trinajstić information content (AvgIpc) is 2.75. The number of unbranched alkanes of at least 4 members (excludes halogenated alkanes) is 4. The van der Waals surface area contributed by atoms with Crippen molar-refractivity contribution < 1.29 is 9.59 Å². The molecule has 4 heteroatoms. The number of halogens is 1. The molecule has 0 aliphatic rings. The number of ketones is 2. The normalized spacial score (nSPS) is 10.6. The van der Waals surface area contributed by atoms with Crippen molar-refractivity contribution in [2.75, 3.05) is 0 Å². The van der Waals surface area contributed by atoms with Gasteiger partial charge < -0.3 is 0 Å². The summed E-state index contributed by atoms with van der Waals surface area (Å²) in [6.07, 6.45) is 6.12. The number of Topliss-reactive ketones (excluding diaryl/α,β-unsaturated/α-hetero) is 2. The quantitative estimate of drug-likeness (QED) is 0.367. The molecule has 0 saturated carbocycles. The molecule has 0 fully saturated rings. The molecule has 0 aromatic carbocycles. The first-order valence-corrected chi connectivity index (χ1v) is 7.68. The molecule has 100 valence electrons. The fourth-order valence-electron chi connectivity index (χ4n) is 1.75. The zero-order valence-electron chi connectivity index (χ0n) is 10.7. The van der Waals surface area contributed by atoms with Gasteiger partial charge in [0.2, 0.25) is 0 Å². The third kappa shape index (κ3) is 5.78. The van der Waals surface area contributed by atoms with Gasteiger partial charge in [0.05, 0.1) is 10.8 Å². The van der Waals surface area contributed by atoms with E-state index in [9.17, 15) is 9.59 Å². The molecule has 1 heterocycles. The summed E-state index contributed by atoms with van der Waals surface area (Å²) in [5, 5.41) is 1.71. The second-order valence-electron chi connectivity index (χ2n) is 4.44. The fourth-order valence-corrected chi connectivity index (χ4v) is 2.64. The van der Waals surface area contributed by atoms with Crippen molar-refractivity contribution in [3.05, 3.63) is 21.3 Å². The third-order valence-electron chi connectivity index (χ3n) is 2.81. The molecule has 1 rings (SSSR count). The lowest BCUT2D eigenvalue weighted by Gasteiger charge is -2.00. The molecule has 0 unspecified atom stereocenters. The molecule has 1 aromatic rings. The van der Waals surface area contributed by atoms with Gasteiger partial charge in [0.15, 0.2) is 5.78 Å². The molecule has 0 aliphatic carbocycles. The maximum absolute atomic E-state index is 11.7. The van der Waals surface area contributed by atoms with Crippen LogP contribution in [0.5, 0.6) is 0 Å². The Labute approximate surface area is 117 Å². The summed E-state index contributed by atoms with van der Waals surface area (Å²) in [7, 11) is 0. The van der Waals surface area contributed by atoms with Crippen LogP contribution in [0, 0.1) is 0 Å². The monoisotopic (exact) mass is 286 g/mol. The number of thiophene rings is 1. The van der Waals surface area contributed by atoms with Crippen LogP contribution in [0.15, 0.2) is 11.4 Å². The summed E-state index contributed by atoms with van der Waals surface area (Å²) >= 11 is 7.07. The Balaban J connectivity index is 2.22. The van der Waals surface area contributed by atoms with Crippen LogP contribution in [0.3, 0.4) is 0 Å². The Morgan fingerprint density at radius 3 is 2.56 bits per heavy atom. The second kappa shape index (κ2) is 8.44. The molecule has 1 aromatic heterocycles. The maximum Gasteiger partial charge on any atom is 0.171 e. The van der Waals surface area contributed by atoms with E-state index < -0.39 is 0 Å². The van der Waals surface area contributed by atoms with Crippen LogP contribution in [0.1, 0.15) is 62.2 Å². The van der Waals surface area contributed by atoms with Crippen LogP contribution < -0.4 is 0 Å². The summed E-state index contributed by atoms with van der Waals surface area (Å²) in [5.74, 6) is -0.0736. The minimum atomic E-state index is -0.114. The average molecular weight is 287 g/mol. The summed E-state index contributed by atoms with van der Waals surface area (Å²) < 4.78 is 0.588. The number of rotatable bonds is 9. The number of hydrogen-bond donors (Lipinski definition) is 0. The van der Waals surface area contributed by atoms with Gasteiger partial charge in [-0.2, -0.15) is 0 Å². The summed E-state index contributed by atoms with van der Waals surface area (Å²) in [5.41, 5.74) is 0.560. The van der Waals surface area contributed by atoms with Gasteiger partial charge in [-0.15, -0.1) is 11.3 Å². The van der Waals surface area contributed by atoms with Crippen LogP contribution in [0.25, 0.3) is 0 Å². The van der Waals surface area contributed by atoms with E-state index in [1.54, 1.807) is 11.4 Å². The Morgan fingerprint density at radius 1 is 1.22 bits per heavy atom. The van der Waals surface area contributed by atoms with Crippen LogP contribution in [0.2, 0.25) is 4.34 Å². The van der Waals surface area contributed by atoms with Crippen molar-refractivity contribution in [1.82, 2.24) is 0 Å². The van der Waals surface area contributed by atoms with Crippen molar-refractivity contribution in [3.8, 4) is 0 Å². The van der Waals surface area contributed by atoms with Crippen LogP contribution in [0.4, 0.5) is 0 Å². The standard InChI is InChI=1S/C14H19ClO2S/c1-2-3-4-5-6-7-12(16)9-13(17)11-8-14(15)18-10-11/h8,10H,2-7,9H2,1H3. The molecule has 0 amide bonds. The second-order valence-corrected chi connectivity index (χ2v) is 5.98. The highest BCUT2D eigenvalue weighted by molar-refractivity contribution is 7.14. The van der Waals surface area contributed by atoms with Crippen LogP contribution in [-0.2, 0) is 4.79 Å². The van der Waals surface area contributed by atoms with E-state index in [1.807, 2.05) is 0 Å². The number of hydrogen-bond acceptors (Lipinski definition) is 3. The minimum absolute atomic E-state index is 0.0147. The maximum atomic E-state index is 11.7. The first-order valence-electron chi connectivity index (χ1n) is 6.42. The van der Waals surface area contributed by atoms with Crippen molar-refractivity contribution in [1.29, 1.82) is 0 Å². The largest absolute Gasteiger partial charge is 0.299 e. The van der Waals surface area contributed by atoms with E-state index in [-0.39, 0.29) is 18.0 Å². The highest BCUT2D eigenvalue weighted by atomic mass is 35.5. The van der Waals surface area contributed by atoms with Gasteiger partial charge in [-0.1, -0.05) is 44.2 Å². The van der Waals surface area contributed by atoms with E-state index in [2.05, 4.69) is 6.92 Å². The lowest BCUT2D eigenvalue weighted by Crippen LogP contribution is -2.07. The Bertz CT molecular complexity index is 398. The van der Waals surface area contributed by atoms with E-state index >= 15 is 0 Å². The minimum Gasteiger partial charge on any atom is -0.299 e. The predicted molar refractivity (Wildman–Crippen MR) is 76.7 cm³/mol. The van der Waals surface area contributed by atoms with E-state index in [0.29, 0.717) is 16.3 Å². The molecule has 2 nitrogen and oxygen atoms in total. The van der Waals surface area contributed by atoms with Gasteiger partial charge >= 0.3 is 0 Å². The molecule has 0 saturated heterocycles. The zero-order valence-corrected chi connectivity index (χ0v) is 12.3.